The van der Waals surface area contributed by atoms with E-state index in [-0.39, 0.29) is 11.8 Å². The molecule has 3 aromatic carbocycles. The number of hydrogen-bond acceptors (Lipinski definition) is 2. The van der Waals surface area contributed by atoms with Crippen LogP contribution in [-0.4, -0.2) is 11.8 Å². The first-order valence-electron chi connectivity index (χ1n) is 10.3. The standard InChI is InChI=1S/C27H26N2O2/c1-4-27(2,3)26(31)29-24-18-14-22(15-19-24)25(30)28-23-16-12-21(13-17-23)11-10-20-8-6-5-7-9-20/h5-9,12-19H,4H2,1-3H3,(H,28,30)(H,29,31). The monoisotopic (exact) mass is 410 g/mol. The van der Waals surface area contributed by atoms with Gasteiger partial charge in [-0.25, -0.2) is 0 Å². The van der Waals surface area contributed by atoms with Gasteiger partial charge in [-0.3, -0.25) is 9.59 Å². The molecule has 0 radical (unpaired) electrons. The SMILES string of the molecule is CCC(C)(C)C(=O)Nc1ccc(C(=O)Nc2ccc(C#Cc3ccccc3)cc2)cc1. The van der Waals surface area contributed by atoms with Crippen LogP contribution >= 0.6 is 0 Å². The van der Waals surface area contributed by atoms with E-state index in [1.165, 1.54) is 0 Å². The van der Waals surface area contributed by atoms with Crippen LogP contribution in [0, 0.1) is 17.3 Å². The fourth-order valence-corrected chi connectivity index (χ4v) is 2.67. The molecule has 0 unspecified atom stereocenters. The van der Waals surface area contributed by atoms with Crippen molar-refractivity contribution < 1.29 is 9.59 Å². The number of carbonyl (C=O) groups excluding carboxylic acids is 2. The van der Waals surface area contributed by atoms with Gasteiger partial charge in [-0.1, -0.05) is 50.8 Å². The molecule has 156 valence electrons. The van der Waals surface area contributed by atoms with Gasteiger partial charge in [-0.2, -0.15) is 0 Å². The lowest BCUT2D eigenvalue weighted by Gasteiger charge is -2.21. The second kappa shape index (κ2) is 9.77. The molecule has 31 heavy (non-hydrogen) atoms. The average Bonchev–Trinajstić information content (AvgIpc) is 2.79. The van der Waals surface area contributed by atoms with Gasteiger partial charge in [-0.05, 0) is 67.1 Å². The highest BCUT2D eigenvalue weighted by molar-refractivity contribution is 6.04. The molecule has 0 aliphatic carbocycles. The van der Waals surface area contributed by atoms with Crippen molar-refractivity contribution in [2.24, 2.45) is 5.41 Å². The molecule has 0 heterocycles. The maximum atomic E-state index is 12.5. The van der Waals surface area contributed by atoms with Gasteiger partial charge in [0, 0.05) is 33.5 Å². The minimum Gasteiger partial charge on any atom is -0.326 e. The lowest BCUT2D eigenvalue weighted by Crippen LogP contribution is -2.29. The van der Waals surface area contributed by atoms with Gasteiger partial charge in [0.15, 0.2) is 0 Å². The number of carbonyl (C=O) groups is 2. The zero-order valence-electron chi connectivity index (χ0n) is 18.0. The number of nitrogens with one attached hydrogen (secondary N) is 2. The summed E-state index contributed by atoms with van der Waals surface area (Å²) in [5.41, 5.74) is 3.27. The Labute approximate surface area is 183 Å². The van der Waals surface area contributed by atoms with Gasteiger partial charge >= 0.3 is 0 Å². The quantitative estimate of drug-likeness (QED) is 0.529. The van der Waals surface area contributed by atoms with Crippen LogP contribution in [0.4, 0.5) is 11.4 Å². The van der Waals surface area contributed by atoms with Crippen molar-refractivity contribution in [2.45, 2.75) is 27.2 Å². The Hall–Kier alpha value is -3.84. The summed E-state index contributed by atoms with van der Waals surface area (Å²) in [6.07, 6.45) is 0.746. The normalized spacial score (nSPS) is 10.5. The first-order valence-corrected chi connectivity index (χ1v) is 10.3. The molecule has 4 nitrogen and oxygen atoms in total. The summed E-state index contributed by atoms with van der Waals surface area (Å²) < 4.78 is 0. The molecular weight excluding hydrogens is 384 g/mol. The first kappa shape index (κ1) is 21.9. The van der Waals surface area contributed by atoms with Crippen molar-refractivity contribution in [1.82, 2.24) is 0 Å². The minimum atomic E-state index is -0.437. The van der Waals surface area contributed by atoms with Gasteiger partial charge in [-0.15, -0.1) is 0 Å². The van der Waals surface area contributed by atoms with Crippen molar-refractivity contribution in [3.63, 3.8) is 0 Å². The molecule has 0 aliphatic heterocycles. The predicted octanol–water partition coefficient (Wildman–Crippen LogP) is 5.71. The molecule has 0 fully saturated rings. The maximum Gasteiger partial charge on any atom is 0.255 e. The second-order valence-corrected chi connectivity index (χ2v) is 7.92. The third-order valence-electron chi connectivity index (χ3n) is 5.17. The molecule has 0 saturated heterocycles. The predicted molar refractivity (Wildman–Crippen MR) is 126 cm³/mol. The van der Waals surface area contributed by atoms with E-state index < -0.39 is 5.41 Å². The molecule has 0 aliphatic rings. The molecule has 0 spiro atoms. The smallest absolute Gasteiger partial charge is 0.255 e. The van der Waals surface area contributed by atoms with Crippen LogP contribution in [0.15, 0.2) is 78.9 Å². The Balaban J connectivity index is 1.60. The fraction of sp³-hybridized carbons (Fsp3) is 0.185. The van der Waals surface area contributed by atoms with E-state index in [0.29, 0.717) is 16.9 Å². The molecule has 2 amide bonds. The van der Waals surface area contributed by atoms with Gasteiger partial charge in [0.25, 0.3) is 5.91 Å². The number of hydrogen-bond donors (Lipinski definition) is 2. The van der Waals surface area contributed by atoms with Crippen LogP contribution in [0.2, 0.25) is 0 Å². The molecule has 3 aromatic rings. The van der Waals surface area contributed by atoms with Crippen LogP contribution in [0.5, 0.6) is 0 Å². The molecule has 0 bridgehead atoms. The maximum absolute atomic E-state index is 12.5. The van der Waals surface area contributed by atoms with Gasteiger partial charge in [0.1, 0.15) is 0 Å². The van der Waals surface area contributed by atoms with Crippen molar-refractivity contribution in [3.05, 3.63) is 95.6 Å². The van der Waals surface area contributed by atoms with E-state index in [4.69, 9.17) is 0 Å². The molecule has 0 aromatic heterocycles. The molecule has 4 heteroatoms. The highest BCUT2D eigenvalue weighted by Crippen LogP contribution is 2.22. The zero-order valence-corrected chi connectivity index (χ0v) is 18.0. The summed E-state index contributed by atoms with van der Waals surface area (Å²) in [7, 11) is 0. The van der Waals surface area contributed by atoms with Gasteiger partial charge < -0.3 is 10.6 Å². The summed E-state index contributed by atoms with van der Waals surface area (Å²) in [5, 5.41) is 5.77. The van der Waals surface area contributed by atoms with Gasteiger partial charge in [0.2, 0.25) is 5.91 Å². The summed E-state index contributed by atoms with van der Waals surface area (Å²) >= 11 is 0. The van der Waals surface area contributed by atoms with E-state index in [0.717, 1.165) is 17.5 Å². The number of amides is 2. The van der Waals surface area contributed by atoms with E-state index in [2.05, 4.69) is 22.5 Å². The summed E-state index contributed by atoms with van der Waals surface area (Å²) in [5.74, 6) is 5.97. The largest absolute Gasteiger partial charge is 0.326 e. The van der Waals surface area contributed by atoms with Crippen molar-refractivity contribution in [3.8, 4) is 11.8 Å². The van der Waals surface area contributed by atoms with Crippen molar-refractivity contribution >= 4 is 23.2 Å². The topological polar surface area (TPSA) is 58.2 Å². The van der Waals surface area contributed by atoms with Crippen LogP contribution in [0.1, 0.15) is 48.7 Å². The Morgan fingerprint density at radius 3 is 1.84 bits per heavy atom. The van der Waals surface area contributed by atoms with Crippen LogP contribution in [-0.2, 0) is 4.79 Å². The number of anilines is 2. The summed E-state index contributed by atoms with van der Waals surface area (Å²) in [6, 6.07) is 24.1. The Morgan fingerprint density at radius 2 is 1.26 bits per heavy atom. The number of rotatable bonds is 5. The van der Waals surface area contributed by atoms with E-state index in [9.17, 15) is 9.59 Å². The Bertz CT molecular complexity index is 1100. The van der Waals surface area contributed by atoms with E-state index in [1.807, 2.05) is 75.4 Å². The third kappa shape index (κ3) is 6.07. The van der Waals surface area contributed by atoms with Crippen LogP contribution < -0.4 is 10.6 Å². The molecular formula is C27H26N2O2. The second-order valence-electron chi connectivity index (χ2n) is 7.92. The zero-order chi connectivity index (χ0) is 22.3. The van der Waals surface area contributed by atoms with E-state index in [1.54, 1.807) is 24.3 Å². The first-order chi connectivity index (χ1) is 14.9. The van der Waals surface area contributed by atoms with E-state index >= 15 is 0 Å². The van der Waals surface area contributed by atoms with Crippen LogP contribution in [0.3, 0.4) is 0 Å². The Kier molecular flexibility index (Phi) is 6.89. The summed E-state index contributed by atoms with van der Waals surface area (Å²) in [6.45, 7) is 5.79. The van der Waals surface area contributed by atoms with Gasteiger partial charge in [0.05, 0.1) is 0 Å². The Morgan fingerprint density at radius 1 is 0.742 bits per heavy atom. The fourth-order valence-electron chi connectivity index (χ4n) is 2.67. The molecule has 3 rings (SSSR count). The third-order valence-corrected chi connectivity index (χ3v) is 5.17. The van der Waals surface area contributed by atoms with Crippen molar-refractivity contribution in [1.29, 1.82) is 0 Å². The lowest BCUT2D eigenvalue weighted by molar-refractivity contribution is -0.124. The molecule has 0 atom stereocenters. The molecule has 2 N–H and O–H groups in total. The highest BCUT2D eigenvalue weighted by atomic mass is 16.2. The van der Waals surface area contributed by atoms with Crippen LogP contribution in [0.25, 0.3) is 0 Å². The minimum absolute atomic E-state index is 0.0392. The lowest BCUT2D eigenvalue weighted by atomic mass is 9.89. The summed E-state index contributed by atoms with van der Waals surface area (Å²) in [4.78, 5) is 24.8. The number of benzene rings is 3. The van der Waals surface area contributed by atoms with Crippen molar-refractivity contribution in [2.75, 3.05) is 10.6 Å². The molecule has 0 saturated carbocycles. The highest BCUT2D eigenvalue weighted by Gasteiger charge is 2.25. The average molecular weight is 411 g/mol.